The topological polar surface area (TPSA) is 70.7 Å². The van der Waals surface area contributed by atoms with E-state index in [-0.39, 0.29) is 12.5 Å². The summed E-state index contributed by atoms with van der Waals surface area (Å²) in [7, 11) is 3.85. The molecule has 0 aliphatic carbocycles. The molecule has 2 rings (SSSR count). The predicted molar refractivity (Wildman–Crippen MR) is 97.7 cm³/mol. The average Bonchev–Trinajstić information content (AvgIpc) is 2.64. The molecular formula is C19H23N3O3. The van der Waals surface area contributed by atoms with Gasteiger partial charge in [0.05, 0.1) is 0 Å². The van der Waals surface area contributed by atoms with E-state index in [2.05, 4.69) is 10.9 Å². The maximum absolute atomic E-state index is 12.0. The lowest BCUT2D eigenvalue weighted by atomic mass is 10.1. The molecular weight excluding hydrogens is 318 g/mol. The standard InChI is InChI=1S/C19H23N3O3/c1-4-14-7-5-6-8-17(14)25-13-18(23)20-21-19(24)15-9-11-16(12-10-15)22(2)3/h5-12H,4,13H2,1-3H3,(H,20,23)(H,21,24). The van der Waals surface area contributed by atoms with Crippen LogP contribution in [0.3, 0.4) is 0 Å². The van der Waals surface area contributed by atoms with Crippen LogP contribution in [0.15, 0.2) is 48.5 Å². The smallest absolute Gasteiger partial charge is 0.276 e. The maximum Gasteiger partial charge on any atom is 0.276 e. The molecule has 132 valence electrons. The predicted octanol–water partition coefficient (Wildman–Crippen LogP) is 2.16. The average molecular weight is 341 g/mol. The van der Waals surface area contributed by atoms with Crippen LogP contribution in [0.25, 0.3) is 0 Å². The lowest BCUT2D eigenvalue weighted by Crippen LogP contribution is -2.43. The molecule has 0 aliphatic heterocycles. The van der Waals surface area contributed by atoms with E-state index in [1.807, 2.05) is 62.3 Å². The zero-order chi connectivity index (χ0) is 18.2. The molecule has 0 aliphatic rings. The van der Waals surface area contributed by atoms with Crippen LogP contribution in [0, 0.1) is 0 Å². The van der Waals surface area contributed by atoms with Crippen LogP contribution in [0.1, 0.15) is 22.8 Å². The first-order valence-electron chi connectivity index (χ1n) is 8.08. The Bertz CT molecular complexity index is 727. The Morgan fingerprint density at radius 2 is 1.68 bits per heavy atom. The van der Waals surface area contributed by atoms with Crippen LogP contribution in [0.5, 0.6) is 5.75 Å². The van der Waals surface area contributed by atoms with Crippen molar-refractivity contribution < 1.29 is 14.3 Å². The van der Waals surface area contributed by atoms with E-state index in [1.165, 1.54) is 0 Å². The summed E-state index contributed by atoms with van der Waals surface area (Å²) >= 11 is 0. The van der Waals surface area contributed by atoms with Crippen LogP contribution in [0.2, 0.25) is 0 Å². The quantitative estimate of drug-likeness (QED) is 0.790. The zero-order valence-corrected chi connectivity index (χ0v) is 14.7. The van der Waals surface area contributed by atoms with Gasteiger partial charge in [-0.15, -0.1) is 0 Å². The van der Waals surface area contributed by atoms with E-state index < -0.39 is 5.91 Å². The highest BCUT2D eigenvalue weighted by molar-refractivity contribution is 5.95. The summed E-state index contributed by atoms with van der Waals surface area (Å²) < 4.78 is 5.50. The van der Waals surface area contributed by atoms with Crippen molar-refractivity contribution in [1.82, 2.24) is 10.9 Å². The molecule has 0 atom stereocenters. The van der Waals surface area contributed by atoms with Crippen LogP contribution >= 0.6 is 0 Å². The third-order valence-electron chi connectivity index (χ3n) is 3.67. The normalized spacial score (nSPS) is 10.0. The van der Waals surface area contributed by atoms with Crippen molar-refractivity contribution in [3.8, 4) is 5.75 Å². The summed E-state index contributed by atoms with van der Waals surface area (Å²) in [5, 5.41) is 0. The number of carbonyl (C=O) groups is 2. The monoisotopic (exact) mass is 341 g/mol. The molecule has 0 spiro atoms. The number of nitrogens with one attached hydrogen (secondary N) is 2. The van der Waals surface area contributed by atoms with Crippen molar-refractivity contribution in [3.05, 3.63) is 59.7 Å². The number of rotatable bonds is 6. The van der Waals surface area contributed by atoms with Crippen LogP contribution in [0.4, 0.5) is 5.69 Å². The number of hydrazine groups is 1. The van der Waals surface area contributed by atoms with Gasteiger partial charge in [-0.3, -0.25) is 20.4 Å². The Kier molecular flexibility index (Phi) is 6.39. The SMILES string of the molecule is CCc1ccccc1OCC(=O)NNC(=O)c1ccc(N(C)C)cc1. The van der Waals surface area contributed by atoms with Crippen LogP contribution < -0.4 is 20.5 Å². The second kappa shape index (κ2) is 8.73. The van der Waals surface area contributed by atoms with E-state index in [0.717, 1.165) is 17.7 Å². The van der Waals surface area contributed by atoms with Gasteiger partial charge in [0, 0.05) is 25.3 Å². The Morgan fingerprint density at radius 1 is 1.00 bits per heavy atom. The van der Waals surface area contributed by atoms with E-state index in [9.17, 15) is 9.59 Å². The van der Waals surface area contributed by atoms with E-state index in [1.54, 1.807) is 12.1 Å². The number of hydrogen-bond acceptors (Lipinski definition) is 4. The Hall–Kier alpha value is -3.02. The van der Waals surface area contributed by atoms with E-state index in [4.69, 9.17) is 4.74 Å². The molecule has 0 unspecified atom stereocenters. The van der Waals surface area contributed by atoms with Crippen molar-refractivity contribution in [3.63, 3.8) is 0 Å². The molecule has 0 saturated carbocycles. The minimum Gasteiger partial charge on any atom is -0.483 e. The number of anilines is 1. The first-order chi connectivity index (χ1) is 12.0. The second-order valence-electron chi connectivity index (χ2n) is 5.69. The lowest BCUT2D eigenvalue weighted by molar-refractivity contribution is -0.123. The molecule has 2 amide bonds. The molecule has 0 fully saturated rings. The van der Waals surface area contributed by atoms with Gasteiger partial charge >= 0.3 is 0 Å². The Balaban J connectivity index is 1.82. The number of nitrogens with zero attached hydrogens (tertiary/aromatic N) is 1. The minimum atomic E-state index is -0.427. The molecule has 0 bridgehead atoms. The van der Waals surface area contributed by atoms with Gasteiger partial charge < -0.3 is 9.64 Å². The molecule has 6 nitrogen and oxygen atoms in total. The highest BCUT2D eigenvalue weighted by Gasteiger charge is 2.09. The fourth-order valence-corrected chi connectivity index (χ4v) is 2.23. The van der Waals surface area contributed by atoms with Crippen molar-refractivity contribution >= 4 is 17.5 Å². The summed E-state index contributed by atoms with van der Waals surface area (Å²) in [6.07, 6.45) is 0.817. The number of benzene rings is 2. The van der Waals surface area contributed by atoms with Crippen molar-refractivity contribution in [2.45, 2.75) is 13.3 Å². The third-order valence-corrected chi connectivity index (χ3v) is 3.67. The summed E-state index contributed by atoms with van der Waals surface area (Å²) in [4.78, 5) is 25.8. The van der Waals surface area contributed by atoms with Gasteiger partial charge in [0.2, 0.25) is 0 Å². The first kappa shape index (κ1) is 18.3. The fraction of sp³-hybridized carbons (Fsp3) is 0.263. The summed E-state index contributed by atoms with van der Waals surface area (Å²) in [5.74, 6) is -0.137. The molecule has 25 heavy (non-hydrogen) atoms. The van der Waals surface area contributed by atoms with Crippen LogP contribution in [-0.2, 0) is 11.2 Å². The minimum absolute atomic E-state index is 0.170. The zero-order valence-electron chi connectivity index (χ0n) is 14.7. The van der Waals surface area contributed by atoms with Crippen molar-refractivity contribution in [2.24, 2.45) is 0 Å². The van der Waals surface area contributed by atoms with E-state index >= 15 is 0 Å². The highest BCUT2D eigenvalue weighted by Crippen LogP contribution is 2.17. The number of para-hydroxylation sites is 1. The second-order valence-corrected chi connectivity index (χ2v) is 5.69. The van der Waals surface area contributed by atoms with E-state index in [0.29, 0.717) is 11.3 Å². The molecule has 0 aromatic heterocycles. The summed E-state index contributed by atoms with van der Waals surface area (Å²) in [6, 6.07) is 14.6. The number of amides is 2. The number of carbonyl (C=O) groups excluding carboxylic acids is 2. The number of ether oxygens (including phenoxy) is 1. The van der Waals surface area contributed by atoms with Crippen molar-refractivity contribution in [2.75, 3.05) is 25.6 Å². The molecule has 2 aromatic rings. The largest absolute Gasteiger partial charge is 0.483 e. The highest BCUT2D eigenvalue weighted by atomic mass is 16.5. The van der Waals surface area contributed by atoms with Gasteiger partial charge in [-0.05, 0) is 42.3 Å². The van der Waals surface area contributed by atoms with Gasteiger partial charge in [0.25, 0.3) is 11.8 Å². The van der Waals surface area contributed by atoms with Gasteiger partial charge in [-0.25, -0.2) is 0 Å². The van der Waals surface area contributed by atoms with Gasteiger partial charge in [0.15, 0.2) is 6.61 Å². The molecule has 2 aromatic carbocycles. The lowest BCUT2D eigenvalue weighted by Gasteiger charge is -2.13. The van der Waals surface area contributed by atoms with Crippen molar-refractivity contribution in [1.29, 1.82) is 0 Å². The molecule has 0 saturated heterocycles. The van der Waals surface area contributed by atoms with Gasteiger partial charge in [0.1, 0.15) is 5.75 Å². The van der Waals surface area contributed by atoms with Crippen LogP contribution in [-0.4, -0.2) is 32.5 Å². The first-order valence-corrected chi connectivity index (χ1v) is 8.08. The molecule has 0 heterocycles. The molecule has 2 N–H and O–H groups in total. The third kappa shape index (κ3) is 5.24. The molecule has 0 radical (unpaired) electrons. The van der Waals surface area contributed by atoms with Gasteiger partial charge in [-0.1, -0.05) is 25.1 Å². The fourth-order valence-electron chi connectivity index (χ4n) is 2.23. The Labute approximate surface area is 147 Å². The number of hydrogen-bond donors (Lipinski definition) is 2. The van der Waals surface area contributed by atoms with Gasteiger partial charge in [-0.2, -0.15) is 0 Å². The Morgan fingerprint density at radius 3 is 2.32 bits per heavy atom. The summed E-state index contributed by atoms with van der Waals surface area (Å²) in [5.41, 5.74) is 7.21. The number of aryl methyl sites for hydroxylation is 1. The molecule has 6 heteroatoms. The maximum atomic E-state index is 12.0. The summed E-state index contributed by atoms with van der Waals surface area (Å²) in [6.45, 7) is 1.85.